The third-order valence-electron chi connectivity index (χ3n) is 6.96. The lowest BCUT2D eigenvalue weighted by Gasteiger charge is -2.36. The number of hydrogen-bond acceptors (Lipinski definition) is 5. The zero-order valence-electron chi connectivity index (χ0n) is 19.8. The van der Waals surface area contributed by atoms with E-state index in [1.807, 2.05) is 26.8 Å². The smallest absolute Gasteiger partial charge is 0.326 e. The summed E-state index contributed by atoms with van der Waals surface area (Å²) >= 11 is 0. The molecule has 1 saturated carbocycles. The van der Waals surface area contributed by atoms with Crippen molar-refractivity contribution < 1.29 is 23.9 Å². The highest BCUT2D eigenvalue weighted by molar-refractivity contribution is 6.09. The number of Topliss-reactive ketones (excluding diaryl/α,β-unsaturated/α-hetero) is 1. The number of aryl methyl sites for hydroxylation is 1. The quantitative estimate of drug-likeness (QED) is 0.376. The Balaban J connectivity index is 1.58. The van der Waals surface area contributed by atoms with Crippen LogP contribution in [-0.2, 0) is 20.9 Å². The normalized spacial score (nSPS) is 23.2. The molecule has 8 heteroatoms. The van der Waals surface area contributed by atoms with Gasteiger partial charge in [-0.15, -0.1) is 0 Å². The summed E-state index contributed by atoms with van der Waals surface area (Å²) in [6.45, 7) is 10.0. The highest BCUT2D eigenvalue weighted by Gasteiger charge is 2.55. The number of ether oxygens (including phenoxy) is 1. The Labute approximate surface area is 189 Å². The number of rotatable bonds is 8. The monoisotopic (exact) mass is 445 g/mol. The van der Waals surface area contributed by atoms with Crippen molar-refractivity contribution in [3.63, 3.8) is 0 Å². The van der Waals surface area contributed by atoms with Gasteiger partial charge in [0.2, 0.25) is 5.78 Å². The van der Waals surface area contributed by atoms with Gasteiger partial charge in [0.25, 0.3) is 5.91 Å². The fraction of sp³-hybridized carbons (Fsp3) is 0.667. The van der Waals surface area contributed by atoms with E-state index >= 15 is 0 Å². The van der Waals surface area contributed by atoms with Crippen LogP contribution < -0.4 is 5.32 Å². The molecule has 1 aromatic rings. The number of imide groups is 1. The average molecular weight is 446 g/mol. The highest BCUT2D eigenvalue weighted by atomic mass is 16.5. The highest BCUT2D eigenvalue weighted by Crippen LogP contribution is 2.38. The molecule has 2 atom stereocenters. The summed E-state index contributed by atoms with van der Waals surface area (Å²) in [6.07, 6.45) is 4.32. The molecule has 2 heterocycles. The Bertz CT molecular complexity index is 919. The van der Waals surface area contributed by atoms with Gasteiger partial charge >= 0.3 is 12.0 Å². The number of carbonyl (C=O) groups is 4. The van der Waals surface area contributed by atoms with Gasteiger partial charge in [0, 0.05) is 23.5 Å². The van der Waals surface area contributed by atoms with Crippen LogP contribution in [0.1, 0.15) is 74.6 Å². The lowest BCUT2D eigenvalue weighted by molar-refractivity contribution is -0.147. The molecule has 3 rings (SSSR count). The van der Waals surface area contributed by atoms with Crippen LogP contribution in [0.4, 0.5) is 4.79 Å². The Kier molecular flexibility index (Phi) is 7.10. The van der Waals surface area contributed by atoms with E-state index in [0.717, 1.165) is 48.5 Å². The summed E-state index contributed by atoms with van der Waals surface area (Å²) in [4.78, 5) is 51.3. The van der Waals surface area contributed by atoms with Crippen LogP contribution in [0.3, 0.4) is 0 Å². The fourth-order valence-corrected chi connectivity index (χ4v) is 4.85. The number of aromatic nitrogens is 1. The van der Waals surface area contributed by atoms with Gasteiger partial charge in [-0.25, -0.2) is 4.79 Å². The van der Waals surface area contributed by atoms with Crippen molar-refractivity contribution in [1.29, 1.82) is 0 Å². The topological polar surface area (TPSA) is 97.7 Å². The van der Waals surface area contributed by atoms with Crippen LogP contribution in [0.2, 0.25) is 0 Å². The number of esters is 1. The minimum Gasteiger partial charge on any atom is -0.456 e. The zero-order chi connectivity index (χ0) is 23.6. The van der Waals surface area contributed by atoms with E-state index in [0.29, 0.717) is 17.9 Å². The van der Waals surface area contributed by atoms with E-state index in [-0.39, 0.29) is 17.6 Å². The van der Waals surface area contributed by atoms with Crippen LogP contribution in [0.15, 0.2) is 6.07 Å². The van der Waals surface area contributed by atoms with Gasteiger partial charge in [-0.2, -0.15) is 0 Å². The van der Waals surface area contributed by atoms with E-state index < -0.39 is 30.7 Å². The molecule has 3 amide bonds. The van der Waals surface area contributed by atoms with Gasteiger partial charge in [-0.1, -0.05) is 33.6 Å². The van der Waals surface area contributed by atoms with E-state index in [2.05, 4.69) is 23.7 Å². The number of nitrogens with one attached hydrogen (secondary N) is 1. The largest absolute Gasteiger partial charge is 0.456 e. The maximum atomic E-state index is 13.0. The molecule has 1 aliphatic heterocycles. The maximum absolute atomic E-state index is 13.0. The Morgan fingerprint density at radius 2 is 1.97 bits per heavy atom. The Morgan fingerprint density at radius 1 is 1.25 bits per heavy atom. The summed E-state index contributed by atoms with van der Waals surface area (Å²) in [7, 11) is 0. The SMILES string of the molecule is Cc1cc(C(=O)COC(=O)CN2C(=O)NC3(CCCCC3C)C2=O)c(C)n1CCC(C)C. The molecule has 0 radical (unpaired) electrons. The molecule has 1 N–H and O–H groups in total. The third-order valence-corrected chi connectivity index (χ3v) is 6.96. The minimum absolute atomic E-state index is 0.0150. The summed E-state index contributed by atoms with van der Waals surface area (Å²) in [5.74, 6) is -0.863. The lowest BCUT2D eigenvalue weighted by atomic mass is 9.73. The molecule has 32 heavy (non-hydrogen) atoms. The maximum Gasteiger partial charge on any atom is 0.326 e. The van der Waals surface area contributed by atoms with Gasteiger partial charge in [0.15, 0.2) is 6.61 Å². The molecule has 1 aromatic heterocycles. The van der Waals surface area contributed by atoms with Gasteiger partial charge in [-0.3, -0.25) is 19.3 Å². The second-order valence-electron chi connectivity index (χ2n) is 9.64. The number of hydrogen-bond donors (Lipinski definition) is 1. The van der Waals surface area contributed by atoms with Crippen molar-refractivity contribution in [2.75, 3.05) is 13.2 Å². The van der Waals surface area contributed by atoms with Crippen LogP contribution >= 0.6 is 0 Å². The van der Waals surface area contributed by atoms with Gasteiger partial charge in [0.05, 0.1) is 0 Å². The summed E-state index contributed by atoms with van der Waals surface area (Å²) in [6, 6.07) is 1.25. The zero-order valence-corrected chi connectivity index (χ0v) is 19.8. The van der Waals surface area contributed by atoms with Crippen molar-refractivity contribution in [3.8, 4) is 0 Å². The summed E-state index contributed by atoms with van der Waals surface area (Å²) in [5.41, 5.74) is 1.46. The van der Waals surface area contributed by atoms with Crippen LogP contribution in [-0.4, -0.2) is 51.8 Å². The second-order valence-corrected chi connectivity index (χ2v) is 9.64. The Morgan fingerprint density at radius 3 is 2.62 bits per heavy atom. The van der Waals surface area contributed by atoms with Crippen molar-refractivity contribution in [3.05, 3.63) is 23.0 Å². The van der Waals surface area contributed by atoms with Crippen LogP contribution in [0.5, 0.6) is 0 Å². The Hall–Kier alpha value is -2.64. The first-order chi connectivity index (χ1) is 15.1. The van der Waals surface area contributed by atoms with Crippen molar-refractivity contribution in [2.24, 2.45) is 11.8 Å². The number of amides is 3. The molecule has 2 fully saturated rings. The molecule has 176 valence electrons. The standard InChI is InChI=1S/C24H35N3O5/c1-15(2)9-11-26-17(4)12-19(18(26)5)20(28)14-32-21(29)13-27-22(30)24(25-23(27)31)10-7-6-8-16(24)3/h12,15-16H,6-11,13-14H2,1-5H3,(H,25,31). The lowest BCUT2D eigenvalue weighted by Crippen LogP contribution is -2.54. The van der Waals surface area contributed by atoms with Gasteiger partial charge in [-0.05, 0) is 51.0 Å². The van der Waals surface area contributed by atoms with Gasteiger partial charge in [0.1, 0.15) is 12.1 Å². The molecule has 2 unspecified atom stereocenters. The number of urea groups is 1. The average Bonchev–Trinajstić information content (AvgIpc) is 3.15. The molecule has 1 saturated heterocycles. The van der Waals surface area contributed by atoms with Crippen LogP contribution in [0, 0.1) is 25.7 Å². The van der Waals surface area contributed by atoms with Crippen molar-refractivity contribution >= 4 is 23.7 Å². The van der Waals surface area contributed by atoms with E-state index in [4.69, 9.17) is 4.74 Å². The molecular formula is C24H35N3O5. The summed E-state index contributed by atoms with van der Waals surface area (Å²) in [5, 5.41) is 2.81. The van der Waals surface area contributed by atoms with Crippen molar-refractivity contribution in [1.82, 2.24) is 14.8 Å². The third kappa shape index (κ3) is 4.59. The van der Waals surface area contributed by atoms with E-state index in [1.54, 1.807) is 0 Å². The van der Waals surface area contributed by atoms with Crippen molar-refractivity contribution in [2.45, 2.75) is 78.8 Å². The first-order valence-electron chi connectivity index (χ1n) is 11.6. The fourth-order valence-electron chi connectivity index (χ4n) is 4.85. The molecular weight excluding hydrogens is 410 g/mol. The summed E-state index contributed by atoms with van der Waals surface area (Å²) < 4.78 is 7.25. The van der Waals surface area contributed by atoms with E-state index in [1.165, 1.54) is 0 Å². The minimum atomic E-state index is -0.918. The molecule has 1 aliphatic carbocycles. The predicted molar refractivity (Wildman–Crippen MR) is 119 cm³/mol. The predicted octanol–water partition coefficient (Wildman–Crippen LogP) is 3.38. The number of nitrogens with zero attached hydrogens (tertiary/aromatic N) is 2. The molecule has 0 aromatic carbocycles. The molecule has 0 bridgehead atoms. The van der Waals surface area contributed by atoms with Gasteiger partial charge < -0.3 is 14.6 Å². The number of ketones is 1. The van der Waals surface area contributed by atoms with E-state index in [9.17, 15) is 19.2 Å². The first-order valence-corrected chi connectivity index (χ1v) is 11.6. The molecule has 8 nitrogen and oxygen atoms in total. The van der Waals surface area contributed by atoms with Crippen LogP contribution in [0.25, 0.3) is 0 Å². The first kappa shape index (κ1) is 24.0. The number of carbonyl (C=O) groups excluding carboxylic acids is 4. The molecule has 2 aliphatic rings. The molecule has 1 spiro atoms. The second kappa shape index (κ2) is 9.46.